The first kappa shape index (κ1) is 18.6. The Morgan fingerprint density at radius 3 is 2.63 bits per heavy atom. The molecule has 0 saturated carbocycles. The summed E-state index contributed by atoms with van der Waals surface area (Å²) in [5.74, 6) is 1.01. The number of rotatable bonds is 7. The van der Waals surface area contributed by atoms with Crippen LogP contribution in [0, 0.1) is 12.3 Å². The van der Waals surface area contributed by atoms with Crippen molar-refractivity contribution in [3.8, 4) is 18.1 Å². The molecule has 0 aliphatic carbocycles. The molecule has 0 bridgehead atoms. The van der Waals surface area contributed by atoms with Crippen LogP contribution < -0.4 is 10.1 Å². The van der Waals surface area contributed by atoms with Crippen LogP contribution in [0.4, 0.5) is 0 Å². The number of nitrogens with zero attached hydrogens (tertiary/aromatic N) is 1. The molecular weight excluding hydrogens is 348 g/mol. The number of hydrogen-bond donors (Lipinski definition) is 1. The van der Waals surface area contributed by atoms with Crippen molar-refractivity contribution in [1.82, 2.24) is 10.2 Å². The third-order valence-electron chi connectivity index (χ3n) is 4.65. The van der Waals surface area contributed by atoms with Crippen molar-refractivity contribution in [3.05, 3.63) is 29.3 Å². The lowest BCUT2D eigenvalue weighted by atomic mass is 10.0. The lowest BCUT2D eigenvalue weighted by molar-refractivity contribution is -0.136. The van der Waals surface area contributed by atoms with Crippen LogP contribution in [0.25, 0.3) is 0 Å². The van der Waals surface area contributed by atoms with Crippen molar-refractivity contribution in [2.24, 2.45) is 0 Å². The second-order valence-corrected chi connectivity index (χ2v) is 6.52. The van der Waals surface area contributed by atoms with Crippen molar-refractivity contribution < 1.29 is 23.9 Å². The largest absolute Gasteiger partial charge is 0.494 e. The van der Waals surface area contributed by atoms with Gasteiger partial charge in [0.05, 0.1) is 17.7 Å². The number of ether oxygens (including phenoxy) is 1. The zero-order chi connectivity index (χ0) is 19.4. The molecule has 1 atom stereocenters. The van der Waals surface area contributed by atoms with E-state index in [1.165, 1.54) is 12.1 Å². The number of amides is 4. The first-order chi connectivity index (χ1) is 13.0. The lowest BCUT2D eigenvalue weighted by Crippen LogP contribution is -2.54. The first-order valence-electron chi connectivity index (χ1n) is 8.95. The number of unbranched alkanes of at least 4 members (excludes halogenated alkanes) is 3. The van der Waals surface area contributed by atoms with Crippen LogP contribution in [-0.4, -0.2) is 41.2 Å². The highest BCUT2D eigenvalue weighted by molar-refractivity contribution is 6.23. The van der Waals surface area contributed by atoms with Crippen LogP contribution in [0.15, 0.2) is 18.2 Å². The Bertz CT molecular complexity index is 839. The van der Waals surface area contributed by atoms with E-state index in [0.717, 1.165) is 30.6 Å². The predicted molar refractivity (Wildman–Crippen MR) is 95.9 cm³/mol. The number of fused-ring (bicyclic) bond motifs is 1. The van der Waals surface area contributed by atoms with Crippen LogP contribution in [0.5, 0.6) is 5.75 Å². The molecule has 1 unspecified atom stereocenters. The molecule has 2 aliphatic rings. The summed E-state index contributed by atoms with van der Waals surface area (Å²) in [6.07, 6.45) is 8.92. The summed E-state index contributed by atoms with van der Waals surface area (Å²) in [5.41, 5.74) is 0.459. The smallest absolute Gasteiger partial charge is 0.262 e. The Morgan fingerprint density at radius 2 is 1.89 bits per heavy atom. The van der Waals surface area contributed by atoms with Crippen molar-refractivity contribution in [2.75, 3.05) is 6.61 Å². The summed E-state index contributed by atoms with van der Waals surface area (Å²) < 4.78 is 5.65. The molecule has 4 amide bonds. The van der Waals surface area contributed by atoms with Gasteiger partial charge in [-0.15, -0.1) is 12.3 Å². The fourth-order valence-corrected chi connectivity index (χ4v) is 3.24. The van der Waals surface area contributed by atoms with Gasteiger partial charge < -0.3 is 4.74 Å². The van der Waals surface area contributed by atoms with Crippen LogP contribution in [-0.2, 0) is 9.59 Å². The van der Waals surface area contributed by atoms with Gasteiger partial charge in [-0.3, -0.25) is 29.4 Å². The molecule has 1 fully saturated rings. The first-order valence-corrected chi connectivity index (χ1v) is 8.95. The third kappa shape index (κ3) is 3.85. The average molecular weight is 368 g/mol. The fraction of sp³-hybridized carbons (Fsp3) is 0.400. The zero-order valence-electron chi connectivity index (χ0n) is 14.8. The van der Waals surface area contributed by atoms with E-state index < -0.39 is 29.7 Å². The number of piperidine rings is 1. The molecule has 2 heterocycles. The van der Waals surface area contributed by atoms with Crippen molar-refractivity contribution in [2.45, 2.75) is 44.6 Å². The topological polar surface area (TPSA) is 92.8 Å². The van der Waals surface area contributed by atoms with Gasteiger partial charge in [-0.05, 0) is 43.9 Å². The summed E-state index contributed by atoms with van der Waals surface area (Å²) in [6.45, 7) is 0.488. The van der Waals surface area contributed by atoms with Crippen LogP contribution in [0.1, 0.15) is 59.2 Å². The van der Waals surface area contributed by atoms with E-state index in [9.17, 15) is 19.2 Å². The van der Waals surface area contributed by atoms with Crippen molar-refractivity contribution in [3.63, 3.8) is 0 Å². The van der Waals surface area contributed by atoms with Gasteiger partial charge >= 0.3 is 0 Å². The van der Waals surface area contributed by atoms with Crippen molar-refractivity contribution >= 4 is 23.6 Å². The number of carbonyl (C=O) groups excluding carboxylic acids is 4. The highest BCUT2D eigenvalue weighted by Crippen LogP contribution is 2.30. The summed E-state index contributed by atoms with van der Waals surface area (Å²) in [6, 6.07) is 3.74. The average Bonchev–Trinajstić information content (AvgIpc) is 2.89. The Labute approximate surface area is 157 Å². The fourth-order valence-electron chi connectivity index (χ4n) is 3.24. The third-order valence-corrected chi connectivity index (χ3v) is 4.65. The molecule has 0 radical (unpaired) electrons. The number of imide groups is 2. The Morgan fingerprint density at radius 1 is 1.11 bits per heavy atom. The van der Waals surface area contributed by atoms with E-state index >= 15 is 0 Å². The molecule has 1 saturated heterocycles. The van der Waals surface area contributed by atoms with E-state index in [1.807, 2.05) is 0 Å². The number of nitrogens with one attached hydrogen (secondary N) is 1. The molecule has 1 aromatic carbocycles. The van der Waals surface area contributed by atoms with Gasteiger partial charge in [0, 0.05) is 12.8 Å². The van der Waals surface area contributed by atoms with Gasteiger partial charge in [-0.25, -0.2) is 0 Å². The normalized spacial score (nSPS) is 18.9. The molecule has 2 aliphatic heterocycles. The molecule has 0 aromatic heterocycles. The van der Waals surface area contributed by atoms with Crippen LogP contribution in [0.3, 0.4) is 0 Å². The van der Waals surface area contributed by atoms with Gasteiger partial charge in [-0.2, -0.15) is 0 Å². The molecule has 1 N–H and O–H groups in total. The minimum atomic E-state index is -0.962. The van der Waals surface area contributed by atoms with Crippen LogP contribution in [0.2, 0.25) is 0 Å². The van der Waals surface area contributed by atoms with E-state index in [2.05, 4.69) is 11.2 Å². The number of hydrogen-bond acceptors (Lipinski definition) is 5. The maximum Gasteiger partial charge on any atom is 0.262 e. The molecule has 140 valence electrons. The Balaban J connectivity index is 1.67. The molecule has 7 heteroatoms. The van der Waals surface area contributed by atoms with Gasteiger partial charge in [0.2, 0.25) is 11.8 Å². The maximum atomic E-state index is 12.7. The van der Waals surface area contributed by atoms with Crippen molar-refractivity contribution in [1.29, 1.82) is 0 Å². The monoisotopic (exact) mass is 368 g/mol. The standard InChI is InChI=1S/C20H20N2O5/c1-2-3-4-5-6-11-27-13-7-8-14-15(12-13)20(26)22(19(14)25)16-9-10-17(23)21-18(16)24/h1,7-8,12,16H,3-6,9-11H2,(H,21,23,24). The SMILES string of the molecule is C#CCCCCCOc1ccc2c(c1)C(=O)N(C1CCC(=O)NC1=O)C2=O. The maximum absolute atomic E-state index is 12.7. The zero-order valence-corrected chi connectivity index (χ0v) is 14.8. The highest BCUT2D eigenvalue weighted by atomic mass is 16.5. The number of carbonyl (C=O) groups is 4. The second-order valence-electron chi connectivity index (χ2n) is 6.52. The molecule has 0 spiro atoms. The summed E-state index contributed by atoms with van der Waals surface area (Å²) in [7, 11) is 0. The molecule has 1 aromatic rings. The number of benzene rings is 1. The summed E-state index contributed by atoms with van der Waals surface area (Å²) in [5, 5.41) is 2.17. The predicted octanol–water partition coefficient (Wildman–Crippen LogP) is 1.66. The van der Waals surface area contributed by atoms with Gasteiger partial charge in [0.25, 0.3) is 11.8 Å². The number of terminal acetylenes is 1. The summed E-state index contributed by atoms with van der Waals surface area (Å²) in [4.78, 5) is 49.6. The van der Waals surface area contributed by atoms with Gasteiger partial charge in [0.15, 0.2) is 0 Å². The second kappa shape index (κ2) is 8.04. The van der Waals surface area contributed by atoms with E-state index in [-0.39, 0.29) is 24.0 Å². The minimum absolute atomic E-state index is 0.0951. The van der Waals surface area contributed by atoms with Crippen LogP contribution >= 0.6 is 0 Å². The van der Waals surface area contributed by atoms with E-state index in [4.69, 9.17) is 11.2 Å². The highest BCUT2D eigenvalue weighted by Gasteiger charge is 2.44. The van der Waals surface area contributed by atoms with E-state index in [0.29, 0.717) is 12.4 Å². The minimum Gasteiger partial charge on any atom is -0.494 e. The van der Waals surface area contributed by atoms with Gasteiger partial charge in [0.1, 0.15) is 11.8 Å². The van der Waals surface area contributed by atoms with E-state index in [1.54, 1.807) is 6.07 Å². The Kier molecular flexibility index (Phi) is 5.55. The molecule has 3 rings (SSSR count). The Hall–Kier alpha value is -3.14. The quantitative estimate of drug-likeness (QED) is 0.449. The molecular formula is C20H20N2O5. The molecule has 27 heavy (non-hydrogen) atoms. The van der Waals surface area contributed by atoms with Gasteiger partial charge in [-0.1, -0.05) is 0 Å². The summed E-state index contributed by atoms with van der Waals surface area (Å²) >= 11 is 0. The molecule has 7 nitrogen and oxygen atoms in total. The lowest BCUT2D eigenvalue weighted by Gasteiger charge is -2.27.